The summed E-state index contributed by atoms with van der Waals surface area (Å²) in [5, 5.41) is 0. The fourth-order valence-corrected chi connectivity index (χ4v) is 1.79. The van der Waals surface area contributed by atoms with Crippen LogP contribution in [0.4, 0.5) is 0 Å². The van der Waals surface area contributed by atoms with Crippen LogP contribution in [0, 0.1) is 0 Å². The Kier molecular flexibility index (Phi) is 2.19. The molecule has 3 rings (SSSR count). The van der Waals surface area contributed by atoms with E-state index < -0.39 is 0 Å². The predicted octanol–water partition coefficient (Wildman–Crippen LogP) is 2.21. The number of nitrogens with zero attached hydrogens (tertiary/aromatic N) is 3. The molecule has 4 heteroatoms. The monoisotopic (exact) mass is 223 g/mol. The molecule has 0 N–H and O–H groups in total. The highest BCUT2D eigenvalue weighted by Gasteiger charge is 2.06. The van der Waals surface area contributed by atoms with Gasteiger partial charge in [-0.2, -0.15) is 0 Å². The number of rotatable bonds is 2. The van der Waals surface area contributed by atoms with Gasteiger partial charge in [0.2, 0.25) is 0 Å². The number of hydrogen-bond donors (Lipinski definition) is 0. The number of pyridine rings is 2. The Morgan fingerprint density at radius 3 is 2.71 bits per heavy atom. The van der Waals surface area contributed by atoms with Crippen molar-refractivity contribution in [2.24, 2.45) is 0 Å². The average Bonchev–Trinajstić information content (AvgIpc) is 2.82. The largest absolute Gasteiger partial charge is 0.299 e. The van der Waals surface area contributed by atoms with Crippen molar-refractivity contribution in [3.63, 3.8) is 0 Å². The van der Waals surface area contributed by atoms with Crippen LogP contribution in [0.1, 0.15) is 10.4 Å². The Hall–Kier alpha value is -2.49. The van der Waals surface area contributed by atoms with Crippen LogP contribution in [-0.2, 0) is 0 Å². The molecule has 0 fully saturated rings. The highest BCUT2D eigenvalue weighted by Crippen LogP contribution is 2.19. The summed E-state index contributed by atoms with van der Waals surface area (Å²) in [5.41, 5.74) is 2.57. The Morgan fingerprint density at radius 1 is 1.12 bits per heavy atom. The highest BCUT2D eigenvalue weighted by molar-refractivity contribution is 5.76. The topological polar surface area (TPSA) is 47.3 Å². The molecule has 4 nitrogen and oxygen atoms in total. The summed E-state index contributed by atoms with van der Waals surface area (Å²) in [7, 11) is 0. The standard InChI is InChI=1S/C13H9N3O/c17-9-10-1-2-12-7-15-13(16(12)8-10)11-3-5-14-6-4-11/h1-9H. The average molecular weight is 223 g/mol. The molecule has 0 spiro atoms. The molecule has 0 amide bonds. The molecule has 0 unspecified atom stereocenters. The van der Waals surface area contributed by atoms with Crippen molar-refractivity contribution >= 4 is 11.8 Å². The first kappa shape index (κ1) is 9.72. The van der Waals surface area contributed by atoms with Gasteiger partial charge in [0.05, 0.1) is 11.7 Å². The van der Waals surface area contributed by atoms with Gasteiger partial charge in [-0.15, -0.1) is 0 Å². The number of carbonyl (C=O) groups is 1. The molecule has 0 radical (unpaired) electrons. The van der Waals surface area contributed by atoms with E-state index in [1.165, 1.54) is 0 Å². The molecular weight excluding hydrogens is 214 g/mol. The maximum absolute atomic E-state index is 10.8. The van der Waals surface area contributed by atoms with Crippen LogP contribution < -0.4 is 0 Å². The Bertz CT molecular complexity index is 673. The highest BCUT2D eigenvalue weighted by atomic mass is 16.1. The van der Waals surface area contributed by atoms with E-state index in [4.69, 9.17) is 0 Å². The van der Waals surface area contributed by atoms with Crippen LogP contribution in [0.5, 0.6) is 0 Å². The Balaban J connectivity index is 2.27. The lowest BCUT2D eigenvalue weighted by Crippen LogP contribution is -1.91. The van der Waals surface area contributed by atoms with E-state index in [0.717, 1.165) is 23.2 Å². The first-order chi connectivity index (χ1) is 8.38. The van der Waals surface area contributed by atoms with Gasteiger partial charge in [-0.05, 0) is 24.3 Å². The van der Waals surface area contributed by atoms with E-state index in [9.17, 15) is 4.79 Å². The summed E-state index contributed by atoms with van der Waals surface area (Å²) in [4.78, 5) is 19.1. The van der Waals surface area contributed by atoms with Gasteiger partial charge in [0.25, 0.3) is 0 Å². The van der Waals surface area contributed by atoms with E-state index in [2.05, 4.69) is 9.97 Å². The van der Waals surface area contributed by atoms with Gasteiger partial charge >= 0.3 is 0 Å². The molecule has 3 aromatic rings. The minimum absolute atomic E-state index is 0.630. The van der Waals surface area contributed by atoms with Gasteiger partial charge in [-0.25, -0.2) is 4.98 Å². The number of hydrogen-bond acceptors (Lipinski definition) is 3. The van der Waals surface area contributed by atoms with Gasteiger partial charge in [0.1, 0.15) is 5.82 Å². The first-order valence-electron chi connectivity index (χ1n) is 5.21. The van der Waals surface area contributed by atoms with Crippen LogP contribution >= 0.6 is 0 Å². The zero-order valence-electron chi connectivity index (χ0n) is 8.95. The summed E-state index contributed by atoms with van der Waals surface area (Å²) < 4.78 is 1.90. The molecule has 3 heterocycles. The molecular formula is C13H9N3O. The molecule has 3 aromatic heterocycles. The van der Waals surface area contributed by atoms with Gasteiger partial charge < -0.3 is 0 Å². The van der Waals surface area contributed by atoms with Crippen molar-refractivity contribution < 1.29 is 4.79 Å². The molecule has 0 bridgehead atoms. The lowest BCUT2D eigenvalue weighted by atomic mass is 10.2. The zero-order valence-corrected chi connectivity index (χ0v) is 8.95. The van der Waals surface area contributed by atoms with E-state index >= 15 is 0 Å². The molecule has 82 valence electrons. The molecule has 17 heavy (non-hydrogen) atoms. The van der Waals surface area contributed by atoms with E-state index in [-0.39, 0.29) is 0 Å². The maximum atomic E-state index is 10.8. The predicted molar refractivity (Wildman–Crippen MR) is 63.8 cm³/mol. The summed E-state index contributed by atoms with van der Waals surface area (Å²) >= 11 is 0. The minimum Gasteiger partial charge on any atom is -0.299 e. The van der Waals surface area contributed by atoms with E-state index in [1.54, 1.807) is 30.9 Å². The fourth-order valence-electron chi connectivity index (χ4n) is 1.79. The second-order valence-corrected chi connectivity index (χ2v) is 3.69. The van der Waals surface area contributed by atoms with Gasteiger partial charge in [0.15, 0.2) is 6.29 Å². The summed E-state index contributed by atoms with van der Waals surface area (Å²) in [6, 6.07) is 7.44. The molecule has 0 aliphatic carbocycles. The van der Waals surface area contributed by atoms with Crippen molar-refractivity contribution in [1.29, 1.82) is 0 Å². The SMILES string of the molecule is O=Cc1ccc2cnc(-c3ccncc3)n2c1. The lowest BCUT2D eigenvalue weighted by Gasteiger charge is -2.01. The molecule has 0 saturated heterocycles. The smallest absolute Gasteiger partial charge is 0.151 e. The normalized spacial score (nSPS) is 10.6. The first-order valence-corrected chi connectivity index (χ1v) is 5.21. The second-order valence-electron chi connectivity index (χ2n) is 3.69. The Labute approximate surface area is 97.6 Å². The second kappa shape index (κ2) is 3.83. The number of aromatic nitrogens is 3. The quantitative estimate of drug-likeness (QED) is 0.626. The third-order valence-corrected chi connectivity index (χ3v) is 2.62. The van der Waals surface area contributed by atoms with E-state index in [1.807, 2.05) is 22.6 Å². The van der Waals surface area contributed by atoms with E-state index in [0.29, 0.717) is 5.56 Å². The molecule has 0 atom stereocenters. The third-order valence-electron chi connectivity index (χ3n) is 2.62. The molecule has 0 aromatic carbocycles. The van der Waals surface area contributed by atoms with Crippen molar-refractivity contribution in [2.45, 2.75) is 0 Å². The van der Waals surface area contributed by atoms with Gasteiger partial charge in [0, 0.05) is 29.7 Å². The number of imidazole rings is 1. The van der Waals surface area contributed by atoms with Crippen molar-refractivity contribution in [1.82, 2.24) is 14.4 Å². The zero-order chi connectivity index (χ0) is 11.7. The minimum atomic E-state index is 0.630. The number of aldehydes is 1. The maximum Gasteiger partial charge on any atom is 0.151 e. The summed E-state index contributed by atoms with van der Waals surface area (Å²) in [6.07, 6.45) is 7.84. The van der Waals surface area contributed by atoms with Crippen LogP contribution in [0.15, 0.2) is 49.1 Å². The van der Waals surface area contributed by atoms with Gasteiger partial charge in [-0.3, -0.25) is 14.2 Å². The number of carbonyl (C=O) groups excluding carboxylic acids is 1. The summed E-state index contributed by atoms with van der Waals surface area (Å²) in [6.45, 7) is 0. The van der Waals surface area contributed by atoms with Gasteiger partial charge in [-0.1, -0.05) is 0 Å². The van der Waals surface area contributed by atoms with Crippen LogP contribution in [0.25, 0.3) is 16.9 Å². The Morgan fingerprint density at radius 2 is 1.94 bits per heavy atom. The number of fused-ring (bicyclic) bond motifs is 1. The van der Waals surface area contributed by atoms with Crippen LogP contribution in [0.3, 0.4) is 0 Å². The molecule has 0 aliphatic rings. The third kappa shape index (κ3) is 1.59. The van der Waals surface area contributed by atoms with Crippen LogP contribution in [0.2, 0.25) is 0 Å². The molecule has 0 aliphatic heterocycles. The van der Waals surface area contributed by atoms with Crippen molar-refractivity contribution in [2.75, 3.05) is 0 Å². The van der Waals surface area contributed by atoms with Crippen LogP contribution in [-0.4, -0.2) is 20.7 Å². The van der Waals surface area contributed by atoms with Crippen molar-refractivity contribution in [3.8, 4) is 11.4 Å². The molecule has 0 saturated carbocycles. The van der Waals surface area contributed by atoms with Crippen molar-refractivity contribution in [3.05, 3.63) is 54.6 Å². The lowest BCUT2D eigenvalue weighted by molar-refractivity contribution is 0.112. The fraction of sp³-hybridized carbons (Fsp3) is 0. The summed E-state index contributed by atoms with van der Waals surface area (Å²) in [5.74, 6) is 0.811.